The first kappa shape index (κ1) is 21.4. The van der Waals surface area contributed by atoms with Crippen LogP contribution < -0.4 is 15.4 Å². The summed E-state index contributed by atoms with van der Waals surface area (Å²) in [5.41, 5.74) is 1.84. The van der Waals surface area contributed by atoms with Gasteiger partial charge in [0.05, 0.1) is 13.2 Å². The van der Waals surface area contributed by atoms with Crippen LogP contribution in [-0.4, -0.2) is 25.2 Å². The molecule has 0 aliphatic carbocycles. The second-order valence-corrected chi connectivity index (χ2v) is 5.77. The number of aliphatic imine (C=N–C) groups is 1. The summed E-state index contributed by atoms with van der Waals surface area (Å²) in [7, 11) is 3.30. The Bertz CT molecular complexity index is 708. The van der Waals surface area contributed by atoms with E-state index in [1.165, 1.54) is 0 Å². The second kappa shape index (κ2) is 10.4. The molecule has 0 saturated heterocycles. The Morgan fingerprint density at radius 2 is 1.92 bits per heavy atom. The van der Waals surface area contributed by atoms with Gasteiger partial charge in [-0.05, 0) is 42.8 Å². The van der Waals surface area contributed by atoms with Crippen molar-refractivity contribution in [1.29, 1.82) is 0 Å². The summed E-state index contributed by atoms with van der Waals surface area (Å²) in [6.45, 7) is 2.47. The normalized spacial score (nSPS) is 12.1. The van der Waals surface area contributed by atoms with Crippen molar-refractivity contribution in [3.05, 3.63) is 58.6 Å². The van der Waals surface area contributed by atoms with E-state index >= 15 is 0 Å². The molecule has 7 heteroatoms. The molecule has 0 heterocycles. The molecule has 25 heavy (non-hydrogen) atoms. The first-order valence-electron chi connectivity index (χ1n) is 7.62. The Kier molecular flexibility index (Phi) is 8.85. The topological polar surface area (TPSA) is 65.9 Å². The van der Waals surface area contributed by atoms with E-state index in [9.17, 15) is 5.11 Å². The number of rotatable bonds is 5. The highest BCUT2D eigenvalue weighted by molar-refractivity contribution is 14.0. The molecule has 0 amide bonds. The Morgan fingerprint density at radius 3 is 2.52 bits per heavy atom. The molecule has 1 atom stereocenters. The summed E-state index contributed by atoms with van der Waals surface area (Å²) < 4.78 is 5.18. The van der Waals surface area contributed by atoms with Gasteiger partial charge in [-0.2, -0.15) is 0 Å². The summed E-state index contributed by atoms with van der Waals surface area (Å²) in [4.78, 5) is 4.21. The fourth-order valence-corrected chi connectivity index (χ4v) is 2.37. The quantitative estimate of drug-likeness (QED) is 0.346. The summed E-state index contributed by atoms with van der Waals surface area (Å²) in [6.07, 6.45) is 0. The molecule has 136 valence electrons. The highest BCUT2D eigenvalue weighted by Crippen LogP contribution is 2.22. The first-order chi connectivity index (χ1) is 11.5. The number of phenolic OH excluding ortho intramolecular Hbond substituents is 1. The maximum absolute atomic E-state index is 9.93. The van der Waals surface area contributed by atoms with Gasteiger partial charge in [0.25, 0.3) is 0 Å². The van der Waals surface area contributed by atoms with Crippen molar-refractivity contribution in [1.82, 2.24) is 10.6 Å². The Hall–Kier alpha value is -1.67. The minimum absolute atomic E-state index is 0. The predicted molar refractivity (Wildman–Crippen MR) is 113 cm³/mol. The molecule has 3 N–H and O–H groups in total. The van der Waals surface area contributed by atoms with Gasteiger partial charge in [0.1, 0.15) is 11.5 Å². The van der Waals surface area contributed by atoms with Gasteiger partial charge in [-0.15, -0.1) is 24.0 Å². The van der Waals surface area contributed by atoms with Gasteiger partial charge in [0.2, 0.25) is 0 Å². The third kappa shape index (κ3) is 6.28. The van der Waals surface area contributed by atoms with Crippen molar-refractivity contribution in [2.75, 3.05) is 14.2 Å². The van der Waals surface area contributed by atoms with E-state index in [1.807, 2.05) is 31.2 Å². The summed E-state index contributed by atoms with van der Waals surface area (Å²) in [5, 5.41) is 17.1. The van der Waals surface area contributed by atoms with E-state index in [2.05, 4.69) is 15.6 Å². The smallest absolute Gasteiger partial charge is 0.191 e. The highest BCUT2D eigenvalue weighted by atomic mass is 127. The maximum atomic E-state index is 9.93. The van der Waals surface area contributed by atoms with Crippen LogP contribution in [0.2, 0.25) is 5.02 Å². The Morgan fingerprint density at radius 1 is 1.24 bits per heavy atom. The molecule has 0 bridgehead atoms. The molecular formula is C18H23ClIN3O2. The summed E-state index contributed by atoms with van der Waals surface area (Å²) in [5.74, 6) is 1.55. The summed E-state index contributed by atoms with van der Waals surface area (Å²) in [6, 6.07) is 12.9. The van der Waals surface area contributed by atoms with E-state index < -0.39 is 0 Å². The van der Waals surface area contributed by atoms with Crippen LogP contribution in [-0.2, 0) is 6.54 Å². The number of ether oxygens (including phenoxy) is 1. The fraction of sp³-hybridized carbons (Fsp3) is 0.278. The van der Waals surface area contributed by atoms with Crippen LogP contribution in [0.15, 0.2) is 47.5 Å². The fourth-order valence-electron chi connectivity index (χ4n) is 2.24. The van der Waals surface area contributed by atoms with Gasteiger partial charge in [0.15, 0.2) is 5.96 Å². The maximum Gasteiger partial charge on any atom is 0.191 e. The second-order valence-electron chi connectivity index (χ2n) is 5.34. The van der Waals surface area contributed by atoms with Crippen molar-refractivity contribution < 1.29 is 9.84 Å². The number of aromatic hydroxyl groups is 1. The lowest BCUT2D eigenvalue weighted by molar-refractivity contribution is 0.410. The van der Waals surface area contributed by atoms with E-state index in [0.29, 0.717) is 23.3 Å². The van der Waals surface area contributed by atoms with Crippen LogP contribution in [0, 0.1) is 0 Å². The third-order valence-electron chi connectivity index (χ3n) is 3.68. The van der Waals surface area contributed by atoms with E-state index in [-0.39, 0.29) is 35.8 Å². The van der Waals surface area contributed by atoms with Gasteiger partial charge in [-0.3, -0.25) is 4.99 Å². The molecule has 0 aliphatic rings. The van der Waals surface area contributed by atoms with E-state index in [4.69, 9.17) is 16.3 Å². The zero-order chi connectivity index (χ0) is 17.5. The average molecular weight is 476 g/mol. The lowest BCUT2D eigenvalue weighted by Crippen LogP contribution is -2.38. The Labute approximate surface area is 170 Å². The molecule has 0 radical (unpaired) electrons. The number of methoxy groups -OCH3 is 1. The van der Waals surface area contributed by atoms with Crippen LogP contribution in [0.1, 0.15) is 24.1 Å². The molecule has 2 rings (SSSR count). The lowest BCUT2D eigenvalue weighted by atomic mass is 10.1. The van der Waals surface area contributed by atoms with Crippen molar-refractivity contribution in [2.24, 2.45) is 4.99 Å². The SMILES string of the molecule is CN=C(NCc1cc(OC)ccc1O)NC(C)c1ccc(Cl)cc1.I. The first-order valence-corrected chi connectivity index (χ1v) is 7.99. The van der Waals surface area contributed by atoms with Gasteiger partial charge >= 0.3 is 0 Å². The minimum Gasteiger partial charge on any atom is -0.508 e. The molecule has 0 spiro atoms. The van der Waals surface area contributed by atoms with Crippen LogP contribution in [0.3, 0.4) is 0 Å². The molecule has 0 saturated carbocycles. The van der Waals surface area contributed by atoms with Gasteiger partial charge in [-0.1, -0.05) is 23.7 Å². The molecule has 0 fully saturated rings. The number of nitrogens with zero attached hydrogens (tertiary/aromatic N) is 1. The molecule has 0 aromatic heterocycles. The van der Waals surface area contributed by atoms with Gasteiger partial charge in [0, 0.05) is 24.2 Å². The van der Waals surface area contributed by atoms with Crippen LogP contribution >= 0.6 is 35.6 Å². The Balaban J connectivity index is 0.00000312. The molecule has 2 aromatic carbocycles. The molecular weight excluding hydrogens is 453 g/mol. The zero-order valence-electron chi connectivity index (χ0n) is 14.4. The highest BCUT2D eigenvalue weighted by Gasteiger charge is 2.09. The third-order valence-corrected chi connectivity index (χ3v) is 3.93. The number of hydrogen-bond donors (Lipinski definition) is 3. The minimum atomic E-state index is 0. The monoisotopic (exact) mass is 475 g/mol. The van der Waals surface area contributed by atoms with Gasteiger partial charge in [-0.25, -0.2) is 0 Å². The van der Waals surface area contributed by atoms with Crippen LogP contribution in [0.25, 0.3) is 0 Å². The average Bonchev–Trinajstić information content (AvgIpc) is 2.60. The van der Waals surface area contributed by atoms with Crippen molar-refractivity contribution in [3.63, 3.8) is 0 Å². The zero-order valence-corrected chi connectivity index (χ0v) is 17.5. The van der Waals surface area contributed by atoms with Crippen molar-refractivity contribution in [3.8, 4) is 11.5 Å². The summed E-state index contributed by atoms with van der Waals surface area (Å²) >= 11 is 5.92. The van der Waals surface area contributed by atoms with Crippen LogP contribution in [0.5, 0.6) is 11.5 Å². The lowest BCUT2D eigenvalue weighted by Gasteiger charge is -2.19. The molecule has 5 nitrogen and oxygen atoms in total. The largest absolute Gasteiger partial charge is 0.508 e. The van der Waals surface area contributed by atoms with E-state index in [0.717, 1.165) is 11.1 Å². The standard InChI is InChI=1S/C18H22ClN3O2.HI/c1-12(13-4-6-15(19)7-5-13)22-18(20-2)21-11-14-10-16(24-3)8-9-17(14)23;/h4-10,12,23H,11H2,1-3H3,(H2,20,21,22);1H. The number of hydrogen-bond acceptors (Lipinski definition) is 3. The number of nitrogens with one attached hydrogen (secondary N) is 2. The van der Waals surface area contributed by atoms with Gasteiger partial charge < -0.3 is 20.5 Å². The van der Waals surface area contributed by atoms with E-state index in [1.54, 1.807) is 32.4 Å². The predicted octanol–water partition coefficient (Wildman–Crippen LogP) is 4.10. The van der Waals surface area contributed by atoms with Crippen LogP contribution in [0.4, 0.5) is 0 Å². The molecule has 1 unspecified atom stereocenters. The number of halogens is 2. The number of phenols is 1. The number of benzene rings is 2. The number of guanidine groups is 1. The molecule has 2 aromatic rings. The van der Waals surface area contributed by atoms with Crippen molar-refractivity contribution >= 4 is 41.5 Å². The molecule has 0 aliphatic heterocycles. The van der Waals surface area contributed by atoms with Crippen molar-refractivity contribution in [2.45, 2.75) is 19.5 Å².